The molecule has 210 valence electrons. The van der Waals surface area contributed by atoms with Gasteiger partial charge in [0, 0.05) is 54.1 Å². The van der Waals surface area contributed by atoms with Crippen LogP contribution < -0.4 is 22.5 Å². The third-order valence-electron chi connectivity index (χ3n) is 7.78. The second-order valence-corrected chi connectivity index (χ2v) is 11.0. The lowest BCUT2D eigenvalue weighted by atomic mass is 9.81. The van der Waals surface area contributed by atoms with Crippen LogP contribution in [0.15, 0.2) is 72.7 Å². The summed E-state index contributed by atoms with van der Waals surface area (Å²) < 4.78 is 43.7. The van der Waals surface area contributed by atoms with E-state index in [1.54, 1.807) is 42.5 Å². The topological polar surface area (TPSA) is 116 Å². The van der Waals surface area contributed by atoms with Crippen molar-refractivity contribution in [2.24, 2.45) is 5.73 Å². The Labute approximate surface area is 236 Å². The number of nitrogen functional groups attached to an aromatic ring is 2. The number of halogens is 4. The number of rotatable bonds is 7. The minimum absolute atomic E-state index is 0.118. The van der Waals surface area contributed by atoms with Gasteiger partial charge in [-0.3, -0.25) is 5.32 Å². The first-order chi connectivity index (χ1) is 19.1. The van der Waals surface area contributed by atoms with Gasteiger partial charge in [0.2, 0.25) is 5.92 Å². The zero-order chi connectivity index (χ0) is 28.5. The second kappa shape index (κ2) is 11.2. The maximum absolute atomic E-state index is 16.0. The minimum atomic E-state index is -2.67. The van der Waals surface area contributed by atoms with Crippen LogP contribution in [0.1, 0.15) is 66.6 Å². The summed E-state index contributed by atoms with van der Waals surface area (Å²) in [5, 5.41) is 4.05. The van der Waals surface area contributed by atoms with Crippen LogP contribution in [-0.4, -0.2) is 22.4 Å². The van der Waals surface area contributed by atoms with Crippen LogP contribution in [0.5, 0.6) is 0 Å². The molecule has 6 nitrogen and oxygen atoms in total. The summed E-state index contributed by atoms with van der Waals surface area (Å²) in [5.74, 6) is -3.13. The Morgan fingerprint density at radius 1 is 1.07 bits per heavy atom. The van der Waals surface area contributed by atoms with Crippen LogP contribution in [0.4, 0.5) is 24.7 Å². The SMILES string of the molecule is NCC(N[C@]1(c2nc(C3CCC(F)(F)CC3)cnc2N)C=CC(c2ccc(N)cc2)=C(F)C1)c1cccc(Cl)c1. The molecule has 5 rings (SSSR count). The first-order valence-corrected chi connectivity index (χ1v) is 13.6. The van der Waals surface area contributed by atoms with Crippen LogP contribution in [-0.2, 0) is 5.54 Å². The Balaban J connectivity index is 1.57. The molecule has 0 radical (unpaired) electrons. The van der Waals surface area contributed by atoms with E-state index in [9.17, 15) is 8.78 Å². The normalized spacial score (nSPS) is 21.9. The maximum atomic E-state index is 16.0. The predicted molar refractivity (Wildman–Crippen MR) is 153 cm³/mol. The third-order valence-corrected chi connectivity index (χ3v) is 8.01. The van der Waals surface area contributed by atoms with Crippen molar-refractivity contribution in [3.8, 4) is 0 Å². The monoisotopic (exact) mass is 568 g/mol. The Morgan fingerprint density at radius 3 is 2.45 bits per heavy atom. The summed E-state index contributed by atoms with van der Waals surface area (Å²) in [5.41, 5.74) is 20.6. The first kappa shape index (κ1) is 28.1. The van der Waals surface area contributed by atoms with Crippen molar-refractivity contribution in [1.82, 2.24) is 15.3 Å². The maximum Gasteiger partial charge on any atom is 0.248 e. The second-order valence-electron chi connectivity index (χ2n) is 10.6. The summed E-state index contributed by atoms with van der Waals surface area (Å²) in [6.07, 6.45) is 5.08. The lowest BCUT2D eigenvalue weighted by molar-refractivity contribution is -0.0385. The molecule has 0 spiro atoms. The van der Waals surface area contributed by atoms with Crippen molar-refractivity contribution in [3.05, 3.63) is 100 Å². The molecule has 2 aliphatic carbocycles. The van der Waals surface area contributed by atoms with Gasteiger partial charge in [-0.05, 0) is 48.2 Å². The number of alkyl halides is 2. The molecule has 40 heavy (non-hydrogen) atoms. The van der Waals surface area contributed by atoms with E-state index in [0.717, 1.165) is 5.56 Å². The molecule has 2 aliphatic rings. The number of benzene rings is 2. The van der Waals surface area contributed by atoms with Gasteiger partial charge in [0.25, 0.3) is 0 Å². The van der Waals surface area contributed by atoms with Crippen molar-refractivity contribution in [2.45, 2.75) is 55.5 Å². The summed E-state index contributed by atoms with van der Waals surface area (Å²) in [6, 6.07) is 13.8. The highest BCUT2D eigenvalue weighted by molar-refractivity contribution is 6.30. The fourth-order valence-corrected chi connectivity index (χ4v) is 5.74. The molecule has 7 N–H and O–H groups in total. The average Bonchev–Trinajstić information content (AvgIpc) is 2.93. The summed E-state index contributed by atoms with van der Waals surface area (Å²) >= 11 is 6.26. The van der Waals surface area contributed by atoms with Gasteiger partial charge in [-0.1, -0.05) is 48.0 Å². The quantitative estimate of drug-likeness (QED) is 0.245. The van der Waals surface area contributed by atoms with E-state index in [1.807, 2.05) is 18.2 Å². The van der Waals surface area contributed by atoms with Gasteiger partial charge in [0.15, 0.2) is 0 Å². The standard InChI is InChI=1S/C30H32ClF3N6/c31-21-3-1-2-20(14-21)25(16-35)40-29(11-10-23(24(32)15-29)18-4-6-22(36)7-5-18)27-28(37)38-17-26(39-27)19-8-12-30(33,34)13-9-19/h1-7,10-11,14,17,19,25,40H,8-9,12-13,15-16,35-36H2,(H2,37,38)/t25?,29-/m1/s1. The molecular formula is C30H32ClF3N6. The van der Waals surface area contributed by atoms with Crippen molar-refractivity contribution in [1.29, 1.82) is 0 Å². The van der Waals surface area contributed by atoms with Gasteiger partial charge in [-0.15, -0.1) is 0 Å². The molecule has 1 fully saturated rings. The molecule has 0 bridgehead atoms. The Kier molecular flexibility index (Phi) is 7.90. The molecule has 1 saturated carbocycles. The Bertz CT molecular complexity index is 1430. The zero-order valence-corrected chi connectivity index (χ0v) is 22.6. The lowest BCUT2D eigenvalue weighted by Gasteiger charge is -2.38. The molecular weight excluding hydrogens is 537 g/mol. The Morgan fingerprint density at radius 2 is 1.80 bits per heavy atom. The smallest absolute Gasteiger partial charge is 0.248 e. The Hall–Kier alpha value is -3.40. The van der Waals surface area contributed by atoms with Crippen molar-refractivity contribution >= 4 is 28.7 Å². The van der Waals surface area contributed by atoms with E-state index < -0.39 is 17.5 Å². The van der Waals surface area contributed by atoms with Crippen molar-refractivity contribution in [3.63, 3.8) is 0 Å². The molecule has 2 atom stereocenters. The van der Waals surface area contributed by atoms with Crippen LogP contribution in [0.25, 0.3) is 5.57 Å². The van der Waals surface area contributed by atoms with Crippen molar-refractivity contribution in [2.75, 3.05) is 18.0 Å². The molecule has 0 aliphatic heterocycles. The summed E-state index contributed by atoms with van der Waals surface area (Å²) in [7, 11) is 0. The number of hydrogen-bond donors (Lipinski definition) is 4. The van der Waals surface area contributed by atoms with Crippen LogP contribution in [0.3, 0.4) is 0 Å². The van der Waals surface area contributed by atoms with Crippen LogP contribution >= 0.6 is 11.6 Å². The highest BCUT2D eigenvalue weighted by Crippen LogP contribution is 2.44. The van der Waals surface area contributed by atoms with E-state index in [-0.39, 0.29) is 56.2 Å². The highest BCUT2D eigenvalue weighted by atomic mass is 35.5. The minimum Gasteiger partial charge on any atom is -0.399 e. The van der Waals surface area contributed by atoms with Gasteiger partial charge in [-0.2, -0.15) is 0 Å². The highest BCUT2D eigenvalue weighted by Gasteiger charge is 2.41. The zero-order valence-electron chi connectivity index (χ0n) is 21.9. The van der Waals surface area contributed by atoms with E-state index in [0.29, 0.717) is 33.2 Å². The van der Waals surface area contributed by atoms with E-state index >= 15 is 4.39 Å². The molecule has 1 unspecified atom stereocenters. The molecule has 0 saturated heterocycles. The number of nitrogens with one attached hydrogen (secondary N) is 1. The number of nitrogens with two attached hydrogens (primary N) is 3. The molecule has 10 heteroatoms. The van der Waals surface area contributed by atoms with Crippen molar-refractivity contribution < 1.29 is 13.2 Å². The van der Waals surface area contributed by atoms with Crippen LogP contribution in [0.2, 0.25) is 5.02 Å². The van der Waals surface area contributed by atoms with E-state index in [2.05, 4.69) is 10.3 Å². The molecule has 1 heterocycles. The largest absolute Gasteiger partial charge is 0.399 e. The molecule has 3 aromatic rings. The van der Waals surface area contributed by atoms with Gasteiger partial charge in [0.05, 0.1) is 17.4 Å². The fraction of sp³-hybridized carbons (Fsp3) is 0.333. The number of nitrogens with zero attached hydrogens (tertiary/aromatic N) is 2. The number of allylic oxidation sites excluding steroid dienone is 2. The summed E-state index contributed by atoms with van der Waals surface area (Å²) in [6.45, 7) is 0.177. The summed E-state index contributed by atoms with van der Waals surface area (Å²) in [4.78, 5) is 9.26. The number of aromatic nitrogens is 2. The molecule has 0 amide bonds. The van der Waals surface area contributed by atoms with Gasteiger partial charge >= 0.3 is 0 Å². The van der Waals surface area contributed by atoms with E-state index in [1.165, 1.54) is 6.20 Å². The average molecular weight is 569 g/mol. The van der Waals surface area contributed by atoms with Gasteiger partial charge in [-0.25, -0.2) is 23.1 Å². The third kappa shape index (κ3) is 5.87. The van der Waals surface area contributed by atoms with E-state index in [4.69, 9.17) is 33.8 Å². The molecule has 1 aromatic heterocycles. The first-order valence-electron chi connectivity index (χ1n) is 13.3. The number of hydrogen-bond acceptors (Lipinski definition) is 6. The van der Waals surface area contributed by atoms with Gasteiger partial charge < -0.3 is 17.2 Å². The fourth-order valence-electron chi connectivity index (χ4n) is 5.55. The molecule has 2 aromatic carbocycles. The number of anilines is 2. The predicted octanol–water partition coefficient (Wildman–Crippen LogP) is 6.41. The van der Waals surface area contributed by atoms with Gasteiger partial charge in [0.1, 0.15) is 17.3 Å². The lowest BCUT2D eigenvalue weighted by Crippen LogP contribution is -2.47. The van der Waals surface area contributed by atoms with Crippen LogP contribution in [0, 0.1) is 0 Å².